The summed E-state index contributed by atoms with van der Waals surface area (Å²) in [5, 5.41) is 1.15. The number of nitrogens with zero attached hydrogens (tertiary/aromatic N) is 1. The van der Waals surface area contributed by atoms with E-state index in [9.17, 15) is 4.79 Å². The summed E-state index contributed by atoms with van der Waals surface area (Å²) in [5.41, 5.74) is 2.99. The summed E-state index contributed by atoms with van der Waals surface area (Å²) < 4.78 is 17.2. The van der Waals surface area contributed by atoms with Gasteiger partial charge in [0, 0.05) is 37.6 Å². The molecule has 2 aliphatic rings. The van der Waals surface area contributed by atoms with Gasteiger partial charge in [-0.2, -0.15) is 0 Å². The second-order valence-electron chi connectivity index (χ2n) is 9.20. The standard InChI is InChI=1S/C27H31NO4/c29-26(27(10-14-30-15-11-27)18-21-5-2-1-3-6-21)28-12-16-31-20-22(19-28)17-23-7-4-8-25-24(23)9-13-32-25/h1-9,13,22H,10-12,14-20H2/t22-/m0/s1. The van der Waals surface area contributed by atoms with E-state index in [0.717, 1.165) is 43.2 Å². The third kappa shape index (κ3) is 4.45. The average molecular weight is 434 g/mol. The highest BCUT2D eigenvalue weighted by atomic mass is 16.5. The summed E-state index contributed by atoms with van der Waals surface area (Å²) in [5.74, 6) is 0.525. The maximum absolute atomic E-state index is 14.0. The Morgan fingerprint density at radius 3 is 2.66 bits per heavy atom. The van der Waals surface area contributed by atoms with Crippen molar-refractivity contribution in [1.29, 1.82) is 0 Å². The zero-order valence-electron chi connectivity index (χ0n) is 18.5. The fraction of sp³-hybridized carbons (Fsp3) is 0.444. The Kier molecular flexibility index (Phi) is 6.28. The predicted octanol–water partition coefficient (Wildman–Crippen LogP) is 4.49. The van der Waals surface area contributed by atoms with Crippen molar-refractivity contribution >= 4 is 16.9 Å². The van der Waals surface area contributed by atoms with Gasteiger partial charge in [-0.1, -0.05) is 42.5 Å². The zero-order chi connectivity index (χ0) is 21.8. The van der Waals surface area contributed by atoms with Gasteiger partial charge in [-0.3, -0.25) is 4.79 Å². The van der Waals surface area contributed by atoms with Gasteiger partial charge in [0.25, 0.3) is 0 Å². The number of fused-ring (bicyclic) bond motifs is 1. The third-order valence-electron chi connectivity index (χ3n) is 7.01. The molecule has 3 aromatic rings. The maximum atomic E-state index is 14.0. The Bertz CT molecular complexity index is 1040. The summed E-state index contributed by atoms with van der Waals surface area (Å²) in [6.45, 7) is 3.94. The first-order chi connectivity index (χ1) is 15.7. The molecule has 0 radical (unpaired) electrons. The van der Waals surface area contributed by atoms with Crippen molar-refractivity contribution in [2.75, 3.05) is 39.5 Å². The second-order valence-corrected chi connectivity index (χ2v) is 9.20. The lowest BCUT2D eigenvalue weighted by molar-refractivity contribution is -0.148. The van der Waals surface area contributed by atoms with Crippen molar-refractivity contribution in [3.05, 3.63) is 72.0 Å². The van der Waals surface area contributed by atoms with Gasteiger partial charge >= 0.3 is 0 Å². The van der Waals surface area contributed by atoms with Crippen LogP contribution in [0.25, 0.3) is 11.0 Å². The molecule has 2 aliphatic heterocycles. The Hall–Kier alpha value is -2.63. The van der Waals surface area contributed by atoms with Crippen LogP contribution in [0.1, 0.15) is 24.0 Å². The van der Waals surface area contributed by atoms with Crippen LogP contribution < -0.4 is 0 Å². The minimum Gasteiger partial charge on any atom is -0.464 e. The average Bonchev–Trinajstić information content (AvgIpc) is 3.20. The quantitative estimate of drug-likeness (QED) is 0.595. The van der Waals surface area contributed by atoms with Gasteiger partial charge in [0.1, 0.15) is 5.58 Å². The van der Waals surface area contributed by atoms with Crippen LogP contribution in [0.5, 0.6) is 0 Å². The summed E-state index contributed by atoms with van der Waals surface area (Å²) in [6, 6.07) is 18.6. The van der Waals surface area contributed by atoms with E-state index < -0.39 is 0 Å². The molecule has 1 atom stereocenters. The minimum absolute atomic E-state index is 0.260. The molecule has 2 saturated heterocycles. The zero-order valence-corrected chi connectivity index (χ0v) is 18.5. The highest BCUT2D eigenvalue weighted by Crippen LogP contribution is 2.37. The van der Waals surface area contributed by atoms with Crippen molar-refractivity contribution in [3.63, 3.8) is 0 Å². The fourth-order valence-corrected chi connectivity index (χ4v) is 5.28. The van der Waals surface area contributed by atoms with Crippen molar-refractivity contribution in [3.8, 4) is 0 Å². The Morgan fingerprint density at radius 2 is 1.81 bits per heavy atom. The molecule has 32 heavy (non-hydrogen) atoms. The lowest BCUT2D eigenvalue weighted by atomic mass is 9.74. The molecule has 3 heterocycles. The molecule has 1 amide bonds. The van der Waals surface area contributed by atoms with E-state index in [1.165, 1.54) is 11.1 Å². The lowest BCUT2D eigenvalue weighted by Crippen LogP contribution is -2.50. The molecule has 0 aliphatic carbocycles. The summed E-state index contributed by atoms with van der Waals surface area (Å²) in [4.78, 5) is 16.1. The van der Waals surface area contributed by atoms with Crippen LogP contribution in [0.3, 0.4) is 0 Å². The Labute approximate surface area is 189 Å². The van der Waals surface area contributed by atoms with E-state index in [-0.39, 0.29) is 17.2 Å². The Balaban J connectivity index is 1.35. The van der Waals surface area contributed by atoms with Crippen molar-refractivity contribution in [2.45, 2.75) is 25.7 Å². The summed E-state index contributed by atoms with van der Waals surface area (Å²) in [6.07, 6.45) is 4.93. The van der Waals surface area contributed by atoms with E-state index in [2.05, 4.69) is 35.2 Å². The van der Waals surface area contributed by atoms with Crippen LogP contribution in [0, 0.1) is 11.3 Å². The van der Waals surface area contributed by atoms with Crippen LogP contribution in [-0.2, 0) is 27.1 Å². The predicted molar refractivity (Wildman–Crippen MR) is 123 cm³/mol. The summed E-state index contributed by atoms with van der Waals surface area (Å²) >= 11 is 0. The SMILES string of the molecule is O=C(N1CCOC[C@@H](Cc2cccc3occc23)C1)C1(Cc2ccccc2)CCOCC1. The fourth-order valence-electron chi connectivity index (χ4n) is 5.28. The molecular formula is C27H31NO4. The number of furan rings is 1. The minimum atomic E-state index is -0.390. The molecule has 0 N–H and O–H groups in total. The normalized spacial score (nSPS) is 21.4. The number of benzene rings is 2. The summed E-state index contributed by atoms with van der Waals surface area (Å²) in [7, 11) is 0. The van der Waals surface area contributed by atoms with E-state index in [1.54, 1.807) is 6.26 Å². The number of rotatable bonds is 5. The molecule has 5 nitrogen and oxygen atoms in total. The molecule has 0 saturated carbocycles. The van der Waals surface area contributed by atoms with Gasteiger partial charge < -0.3 is 18.8 Å². The van der Waals surface area contributed by atoms with Gasteiger partial charge in [-0.05, 0) is 48.9 Å². The van der Waals surface area contributed by atoms with Crippen LogP contribution in [0.15, 0.2) is 65.3 Å². The van der Waals surface area contributed by atoms with Crippen LogP contribution >= 0.6 is 0 Å². The second kappa shape index (κ2) is 9.47. The van der Waals surface area contributed by atoms with Crippen molar-refractivity contribution in [1.82, 2.24) is 4.90 Å². The molecule has 2 fully saturated rings. The first-order valence-electron chi connectivity index (χ1n) is 11.7. The van der Waals surface area contributed by atoms with E-state index in [1.807, 2.05) is 24.3 Å². The van der Waals surface area contributed by atoms with Crippen LogP contribution in [-0.4, -0.2) is 50.3 Å². The number of hydrogen-bond donors (Lipinski definition) is 0. The molecule has 168 valence electrons. The number of amides is 1. The third-order valence-corrected chi connectivity index (χ3v) is 7.01. The largest absolute Gasteiger partial charge is 0.464 e. The smallest absolute Gasteiger partial charge is 0.229 e. The van der Waals surface area contributed by atoms with E-state index in [4.69, 9.17) is 13.9 Å². The topological polar surface area (TPSA) is 51.9 Å². The number of carbonyl (C=O) groups excluding carboxylic acids is 1. The highest BCUT2D eigenvalue weighted by Gasteiger charge is 2.43. The highest BCUT2D eigenvalue weighted by molar-refractivity contribution is 5.83. The van der Waals surface area contributed by atoms with Crippen LogP contribution in [0.4, 0.5) is 0 Å². The van der Waals surface area contributed by atoms with Gasteiger partial charge in [0.05, 0.1) is 24.9 Å². The van der Waals surface area contributed by atoms with E-state index >= 15 is 0 Å². The van der Waals surface area contributed by atoms with E-state index in [0.29, 0.717) is 33.0 Å². The first kappa shape index (κ1) is 21.2. The van der Waals surface area contributed by atoms with Crippen LogP contribution in [0.2, 0.25) is 0 Å². The number of ether oxygens (including phenoxy) is 2. The molecule has 5 heteroatoms. The molecule has 0 unspecified atom stereocenters. The maximum Gasteiger partial charge on any atom is 0.229 e. The first-order valence-corrected chi connectivity index (χ1v) is 11.7. The molecule has 2 aromatic carbocycles. The molecule has 0 bridgehead atoms. The number of hydrogen-bond acceptors (Lipinski definition) is 4. The van der Waals surface area contributed by atoms with Gasteiger partial charge in [0.2, 0.25) is 5.91 Å². The molecular weight excluding hydrogens is 402 g/mol. The van der Waals surface area contributed by atoms with Gasteiger partial charge in [-0.25, -0.2) is 0 Å². The molecule has 0 spiro atoms. The van der Waals surface area contributed by atoms with Crippen molar-refractivity contribution in [2.24, 2.45) is 11.3 Å². The Morgan fingerprint density at radius 1 is 0.969 bits per heavy atom. The monoisotopic (exact) mass is 433 g/mol. The number of carbonyl (C=O) groups is 1. The van der Waals surface area contributed by atoms with Gasteiger partial charge in [-0.15, -0.1) is 0 Å². The van der Waals surface area contributed by atoms with Gasteiger partial charge in [0.15, 0.2) is 0 Å². The molecule has 1 aromatic heterocycles. The van der Waals surface area contributed by atoms with Crippen molar-refractivity contribution < 1.29 is 18.7 Å². The lowest BCUT2D eigenvalue weighted by Gasteiger charge is -2.40. The molecule has 5 rings (SSSR count).